The molecule has 3 rings (SSSR count). The lowest BCUT2D eigenvalue weighted by molar-refractivity contribution is 0.287. The van der Waals surface area contributed by atoms with Crippen molar-refractivity contribution < 1.29 is 0 Å². The fourth-order valence-electron chi connectivity index (χ4n) is 3.39. The Morgan fingerprint density at radius 3 is 2.65 bits per heavy atom. The second kappa shape index (κ2) is 4.11. The first kappa shape index (κ1) is 11.2. The molecule has 2 nitrogen and oxygen atoms in total. The van der Waals surface area contributed by atoms with E-state index < -0.39 is 0 Å². The molecule has 0 bridgehead atoms. The van der Waals surface area contributed by atoms with Gasteiger partial charge in [0.15, 0.2) is 0 Å². The van der Waals surface area contributed by atoms with E-state index in [1.54, 1.807) is 16.7 Å². The standard InChI is InChI=1S/C15H22N2/c1-10-6-16-7-12-4-15-11(2)8-17(3)9-13(15)5-14(10)12/h4-5,10-11,16H,6-9H2,1-3H3. The molecule has 2 heteroatoms. The highest BCUT2D eigenvalue weighted by Gasteiger charge is 2.24. The van der Waals surface area contributed by atoms with Crippen LogP contribution < -0.4 is 5.32 Å². The molecule has 1 aromatic rings. The summed E-state index contributed by atoms with van der Waals surface area (Å²) in [6.07, 6.45) is 0. The van der Waals surface area contributed by atoms with Crippen LogP contribution in [-0.2, 0) is 13.1 Å². The molecule has 0 saturated heterocycles. The Hall–Kier alpha value is -0.860. The highest BCUT2D eigenvalue weighted by Crippen LogP contribution is 2.33. The van der Waals surface area contributed by atoms with E-state index in [0.717, 1.165) is 19.6 Å². The molecule has 2 atom stereocenters. The first-order valence-corrected chi connectivity index (χ1v) is 6.70. The minimum absolute atomic E-state index is 0.659. The third-order valence-corrected chi connectivity index (χ3v) is 4.25. The van der Waals surface area contributed by atoms with E-state index in [2.05, 4.69) is 43.2 Å². The number of likely N-dealkylation sites (N-methyl/N-ethyl adjacent to an activating group) is 1. The SMILES string of the molecule is CC1CNCc2cc3c(cc21)CN(C)CC3C. The molecule has 0 saturated carbocycles. The van der Waals surface area contributed by atoms with Crippen LogP contribution in [0.3, 0.4) is 0 Å². The van der Waals surface area contributed by atoms with Crippen molar-refractivity contribution in [3.05, 3.63) is 34.4 Å². The maximum atomic E-state index is 3.51. The molecule has 0 aromatic heterocycles. The average Bonchev–Trinajstić information content (AvgIpc) is 2.28. The molecule has 1 aromatic carbocycles. The van der Waals surface area contributed by atoms with Crippen molar-refractivity contribution in [2.75, 3.05) is 20.1 Å². The Balaban J connectivity index is 2.08. The van der Waals surface area contributed by atoms with E-state index in [9.17, 15) is 0 Å². The summed E-state index contributed by atoms with van der Waals surface area (Å²) in [6, 6.07) is 4.94. The predicted molar refractivity (Wildman–Crippen MR) is 71.3 cm³/mol. The van der Waals surface area contributed by atoms with Gasteiger partial charge in [-0.1, -0.05) is 26.0 Å². The number of nitrogens with one attached hydrogen (secondary N) is 1. The van der Waals surface area contributed by atoms with Gasteiger partial charge in [0.2, 0.25) is 0 Å². The lowest BCUT2D eigenvalue weighted by atomic mass is 9.83. The van der Waals surface area contributed by atoms with Crippen LogP contribution in [0.25, 0.3) is 0 Å². The molecule has 1 N–H and O–H groups in total. The molecule has 92 valence electrons. The van der Waals surface area contributed by atoms with Gasteiger partial charge in [-0.2, -0.15) is 0 Å². The van der Waals surface area contributed by atoms with Gasteiger partial charge in [0, 0.05) is 26.2 Å². The van der Waals surface area contributed by atoms with Gasteiger partial charge in [0.1, 0.15) is 0 Å². The fraction of sp³-hybridized carbons (Fsp3) is 0.600. The molecule has 0 radical (unpaired) electrons. The van der Waals surface area contributed by atoms with E-state index >= 15 is 0 Å². The fourth-order valence-corrected chi connectivity index (χ4v) is 3.39. The monoisotopic (exact) mass is 230 g/mol. The van der Waals surface area contributed by atoms with E-state index in [1.165, 1.54) is 12.1 Å². The van der Waals surface area contributed by atoms with Crippen molar-refractivity contribution in [2.24, 2.45) is 0 Å². The van der Waals surface area contributed by atoms with Gasteiger partial charge in [0.05, 0.1) is 0 Å². The van der Waals surface area contributed by atoms with Gasteiger partial charge in [-0.05, 0) is 41.1 Å². The quantitative estimate of drug-likeness (QED) is 0.736. The van der Waals surface area contributed by atoms with Gasteiger partial charge in [0.25, 0.3) is 0 Å². The Morgan fingerprint density at radius 2 is 1.82 bits per heavy atom. The first-order chi connectivity index (χ1) is 8.15. The topological polar surface area (TPSA) is 15.3 Å². The molecule has 0 spiro atoms. The summed E-state index contributed by atoms with van der Waals surface area (Å²) in [7, 11) is 2.23. The summed E-state index contributed by atoms with van der Waals surface area (Å²) in [6.45, 7) is 9.16. The van der Waals surface area contributed by atoms with E-state index in [-0.39, 0.29) is 0 Å². The smallest absolute Gasteiger partial charge is 0.0233 e. The van der Waals surface area contributed by atoms with Gasteiger partial charge in [-0.15, -0.1) is 0 Å². The largest absolute Gasteiger partial charge is 0.312 e. The molecule has 0 aliphatic carbocycles. The van der Waals surface area contributed by atoms with Crippen molar-refractivity contribution in [1.29, 1.82) is 0 Å². The number of hydrogen-bond acceptors (Lipinski definition) is 2. The van der Waals surface area contributed by atoms with Crippen LogP contribution in [0, 0.1) is 0 Å². The van der Waals surface area contributed by atoms with Gasteiger partial charge < -0.3 is 10.2 Å². The van der Waals surface area contributed by atoms with Crippen molar-refractivity contribution in [3.63, 3.8) is 0 Å². The van der Waals surface area contributed by atoms with Crippen LogP contribution in [0.2, 0.25) is 0 Å². The summed E-state index contributed by atoms with van der Waals surface area (Å²) in [5.74, 6) is 1.33. The summed E-state index contributed by atoms with van der Waals surface area (Å²) in [4.78, 5) is 2.44. The zero-order chi connectivity index (χ0) is 12.0. The number of nitrogens with zero attached hydrogens (tertiary/aromatic N) is 1. The van der Waals surface area contributed by atoms with Crippen LogP contribution in [0.4, 0.5) is 0 Å². The van der Waals surface area contributed by atoms with Crippen molar-refractivity contribution in [1.82, 2.24) is 10.2 Å². The van der Waals surface area contributed by atoms with Crippen LogP contribution in [0.1, 0.15) is 47.9 Å². The number of benzene rings is 1. The van der Waals surface area contributed by atoms with Crippen LogP contribution >= 0.6 is 0 Å². The van der Waals surface area contributed by atoms with E-state index in [0.29, 0.717) is 11.8 Å². The second-order valence-corrected chi connectivity index (χ2v) is 5.88. The van der Waals surface area contributed by atoms with Gasteiger partial charge in [-0.3, -0.25) is 0 Å². The Labute approximate surface area is 104 Å². The van der Waals surface area contributed by atoms with Gasteiger partial charge in [-0.25, -0.2) is 0 Å². The summed E-state index contributed by atoms with van der Waals surface area (Å²) in [5, 5.41) is 3.51. The lowest BCUT2D eigenvalue weighted by Crippen LogP contribution is -2.32. The Morgan fingerprint density at radius 1 is 1.12 bits per heavy atom. The Kier molecular flexibility index (Phi) is 2.72. The van der Waals surface area contributed by atoms with Crippen molar-refractivity contribution >= 4 is 0 Å². The van der Waals surface area contributed by atoms with E-state index in [4.69, 9.17) is 0 Å². The summed E-state index contributed by atoms with van der Waals surface area (Å²) < 4.78 is 0. The summed E-state index contributed by atoms with van der Waals surface area (Å²) in [5.41, 5.74) is 6.24. The van der Waals surface area contributed by atoms with Crippen LogP contribution in [-0.4, -0.2) is 25.0 Å². The third-order valence-electron chi connectivity index (χ3n) is 4.25. The van der Waals surface area contributed by atoms with Crippen molar-refractivity contribution in [3.8, 4) is 0 Å². The normalized spacial score (nSPS) is 28.6. The van der Waals surface area contributed by atoms with E-state index in [1.807, 2.05) is 0 Å². The van der Waals surface area contributed by atoms with Crippen molar-refractivity contribution in [2.45, 2.75) is 38.8 Å². The maximum absolute atomic E-state index is 3.51. The highest BCUT2D eigenvalue weighted by molar-refractivity contribution is 5.44. The van der Waals surface area contributed by atoms with Crippen LogP contribution in [0.15, 0.2) is 12.1 Å². The zero-order valence-electron chi connectivity index (χ0n) is 11.1. The Bertz CT molecular complexity index is 439. The third kappa shape index (κ3) is 1.90. The van der Waals surface area contributed by atoms with Gasteiger partial charge >= 0.3 is 0 Å². The molecule has 2 aliphatic heterocycles. The second-order valence-electron chi connectivity index (χ2n) is 5.88. The van der Waals surface area contributed by atoms with Crippen LogP contribution in [0.5, 0.6) is 0 Å². The first-order valence-electron chi connectivity index (χ1n) is 6.70. The maximum Gasteiger partial charge on any atom is 0.0233 e. The molecule has 2 aliphatic rings. The predicted octanol–water partition coefficient (Wildman–Crippen LogP) is 2.44. The minimum atomic E-state index is 0.659. The molecular weight excluding hydrogens is 208 g/mol. The number of rotatable bonds is 0. The number of hydrogen-bond donors (Lipinski definition) is 1. The molecule has 2 heterocycles. The average molecular weight is 230 g/mol. The minimum Gasteiger partial charge on any atom is -0.312 e. The highest BCUT2D eigenvalue weighted by atomic mass is 15.1. The molecule has 0 amide bonds. The lowest BCUT2D eigenvalue weighted by Gasteiger charge is -2.33. The molecular formula is C15H22N2. The molecule has 17 heavy (non-hydrogen) atoms. The molecule has 0 fully saturated rings. The molecule has 2 unspecified atom stereocenters. The zero-order valence-corrected chi connectivity index (χ0v) is 11.1. The summed E-state index contributed by atoms with van der Waals surface area (Å²) >= 11 is 0. The number of fused-ring (bicyclic) bond motifs is 2.